The van der Waals surface area contributed by atoms with Gasteiger partial charge in [-0.05, 0) is 48.9 Å². The molecule has 0 radical (unpaired) electrons. The van der Waals surface area contributed by atoms with E-state index in [0.29, 0.717) is 27.6 Å². The normalized spacial score (nSPS) is 11.4. The van der Waals surface area contributed by atoms with Gasteiger partial charge in [0.05, 0.1) is 17.3 Å². The van der Waals surface area contributed by atoms with Gasteiger partial charge < -0.3 is 15.4 Å². The van der Waals surface area contributed by atoms with Crippen molar-refractivity contribution in [3.05, 3.63) is 130 Å². The quantitative estimate of drug-likeness (QED) is 0.294. The maximum absolute atomic E-state index is 13.0. The third kappa shape index (κ3) is 6.28. The average molecular weight is 485 g/mol. The number of hydrogen-bond acceptors (Lipinski definition) is 3. The lowest BCUT2D eigenvalue weighted by atomic mass is 10.1. The first kappa shape index (κ1) is 24.0. The number of carbonyl (C=O) groups is 2. The molecule has 0 spiro atoms. The van der Waals surface area contributed by atoms with E-state index >= 15 is 0 Å². The second-order valence-corrected chi connectivity index (χ2v) is 8.42. The topological polar surface area (TPSA) is 67.4 Å². The van der Waals surface area contributed by atoms with E-state index in [0.717, 1.165) is 11.1 Å². The van der Waals surface area contributed by atoms with Crippen LogP contribution in [0, 0.1) is 0 Å². The maximum Gasteiger partial charge on any atom is 0.255 e. The summed E-state index contributed by atoms with van der Waals surface area (Å²) < 4.78 is 5.83. The summed E-state index contributed by atoms with van der Waals surface area (Å²) in [5.41, 5.74) is 3.08. The SMILES string of the molecule is C[C@H](NC(=O)c1ccccc1NC(=O)c1cccc(OCc2ccccc2Cl)c1)c1ccccc1. The Labute approximate surface area is 209 Å². The van der Waals surface area contributed by atoms with E-state index in [9.17, 15) is 9.59 Å². The third-order valence-corrected chi connectivity index (χ3v) is 5.88. The van der Waals surface area contributed by atoms with Crippen LogP contribution in [0.2, 0.25) is 5.02 Å². The number of benzene rings is 4. The van der Waals surface area contributed by atoms with Crippen LogP contribution >= 0.6 is 11.6 Å². The summed E-state index contributed by atoms with van der Waals surface area (Å²) in [5.74, 6) is -0.0705. The molecule has 6 heteroatoms. The molecule has 0 aliphatic carbocycles. The molecule has 176 valence electrons. The van der Waals surface area contributed by atoms with Crippen LogP contribution in [0.15, 0.2) is 103 Å². The molecular formula is C29H25ClN2O3. The van der Waals surface area contributed by atoms with Crippen molar-refractivity contribution in [1.29, 1.82) is 0 Å². The fourth-order valence-electron chi connectivity index (χ4n) is 3.59. The summed E-state index contributed by atoms with van der Waals surface area (Å²) in [5, 5.41) is 6.47. The lowest BCUT2D eigenvalue weighted by Crippen LogP contribution is -2.28. The molecule has 0 heterocycles. The molecule has 0 fully saturated rings. The van der Waals surface area contributed by atoms with Crippen molar-refractivity contribution in [1.82, 2.24) is 5.32 Å². The van der Waals surface area contributed by atoms with E-state index in [1.54, 1.807) is 54.6 Å². The van der Waals surface area contributed by atoms with E-state index < -0.39 is 0 Å². The van der Waals surface area contributed by atoms with Crippen molar-refractivity contribution in [2.45, 2.75) is 19.6 Å². The Hall–Kier alpha value is -4.09. The summed E-state index contributed by atoms with van der Waals surface area (Å²) in [4.78, 5) is 26.0. The van der Waals surface area contributed by atoms with Crippen LogP contribution in [0.5, 0.6) is 5.75 Å². The third-order valence-electron chi connectivity index (χ3n) is 5.52. The van der Waals surface area contributed by atoms with Gasteiger partial charge in [0.25, 0.3) is 11.8 Å². The smallest absolute Gasteiger partial charge is 0.255 e. The van der Waals surface area contributed by atoms with E-state index in [1.807, 2.05) is 55.5 Å². The lowest BCUT2D eigenvalue weighted by molar-refractivity contribution is 0.0940. The largest absolute Gasteiger partial charge is 0.489 e. The van der Waals surface area contributed by atoms with Crippen molar-refractivity contribution < 1.29 is 14.3 Å². The highest BCUT2D eigenvalue weighted by atomic mass is 35.5. The Bertz CT molecular complexity index is 1320. The highest BCUT2D eigenvalue weighted by Gasteiger charge is 2.17. The zero-order valence-corrected chi connectivity index (χ0v) is 20.0. The van der Waals surface area contributed by atoms with Crippen LogP contribution in [-0.2, 0) is 6.61 Å². The molecule has 1 atom stereocenters. The lowest BCUT2D eigenvalue weighted by Gasteiger charge is -2.16. The number of halogens is 1. The van der Waals surface area contributed by atoms with Gasteiger partial charge in [-0.15, -0.1) is 0 Å². The number of ether oxygens (including phenoxy) is 1. The molecule has 4 rings (SSSR count). The van der Waals surface area contributed by atoms with E-state index in [2.05, 4.69) is 10.6 Å². The number of nitrogens with one attached hydrogen (secondary N) is 2. The summed E-state index contributed by atoms with van der Waals surface area (Å²) in [6, 6.07) is 30.8. The van der Waals surface area contributed by atoms with Gasteiger partial charge in [-0.2, -0.15) is 0 Å². The fraction of sp³-hybridized carbons (Fsp3) is 0.103. The molecule has 0 saturated carbocycles. The standard InChI is InChI=1S/C29H25ClN2O3/c1-20(21-10-3-2-4-11-21)31-29(34)25-15-6-8-17-27(25)32-28(33)22-13-9-14-24(18-22)35-19-23-12-5-7-16-26(23)30/h2-18,20H,19H2,1H3,(H,31,34)(H,32,33)/t20-/m0/s1. The van der Waals surface area contributed by atoms with Gasteiger partial charge >= 0.3 is 0 Å². The summed E-state index contributed by atoms with van der Waals surface area (Å²) in [6.07, 6.45) is 0. The van der Waals surface area contributed by atoms with Crippen LogP contribution in [-0.4, -0.2) is 11.8 Å². The molecule has 0 unspecified atom stereocenters. The van der Waals surface area contributed by atoms with Crippen LogP contribution in [0.25, 0.3) is 0 Å². The Morgan fingerprint density at radius 2 is 1.54 bits per heavy atom. The second kappa shape index (κ2) is 11.4. The highest BCUT2D eigenvalue weighted by Crippen LogP contribution is 2.22. The van der Waals surface area contributed by atoms with Crippen LogP contribution in [0.1, 0.15) is 44.8 Å². The van der Waals surface area contributed by atoms with Crippen molar-refractivity contribution in [2.24, 2.45) is 0 Å². The van der Waals surface area contributed by atoms with E-state index in [-0.39, 0.29) is 24.5 Å². The second-order valence-electron chi connectivity index (χ2n) is 8.01. The minimum absolute atomic E-state index is 0.181. The number of anilines is 1. The Balaban J connectivity index is 1.44. The Morgan fingerprint density at radius 3 is 2.34 bits per heavy atom. The minimum atomic E-state index is -0.343. The monoisotopic (exact) mass is 484 g/mol. The van der Waals surface area contributed by atoms with Gasteiger partial charge in [0.2, 0.25) is 0 Å². The van der Waals surface area contributed by atoms with Gasteiger partial charge in [-0.25, -0.2) is 0 Å². The van der Waals surface area contributed by atoms with Gasteiger partial charge in [-0.3, -0.25) is 9.59 Å². The number of carbonyl (C=O) groups excluding carboxylic acids is 2. The molecule has 5 nitrogen and oxygen atoms in total. The molecule has 0 aliphatic rings. The van der Waals surface area contributed by atoms with Gasteiger partial charge in [-0.1, -0.05) is 78.3 Å². The first-order valence-electron chi connectivity index (χ1n) is 11.2. The number of para-hydroxylation sites is 1. The van der Waals surface area contributed by atoms with Gasteiger partial charge in [0, 0.05) is 16.1 Å². The van der Waals surface area contributed by atoms with Gasteiger partial charge in [0.1, 0.15) is 12.4 Å². The predicted octanol–water partition coefficient (Wildman–Crippen LogP) is 6.66. The number of rotatable bonds is 8. The summed E-state index contributed by atoms with van der Waals surface area (Å²) in [6.45, 7) is 2.20. The van der Waals surface area contributed by atoms with E-state index in [1.165, 1.54) is 0 Å². The summed E-state index contributed by atoms with van der Waals surface area (Å²) in [7, 11) is 0. The first-order valence-corrected chi connectivity index (χ1v) is 11.6. The van der Waals surface area contributed by atoms with Crippen LogP contribution < -0.4 is 15.4 Å². The number of amides is 2. The molecule has 2 amide bonds. The predicted molar refractivity (Wildman–Crippen MR) is 139 cm³/mol. The molecule has 0 aromatic heterocycles. The van der Waals surface area contributed by atoms with Crippen molar-refractivity contribution >= 4 is 29.1 Å². The maximum atomic E-state index is 13.0. The minimum Gasteiger partial charge on any atom is -0.489 e. The van der Waals surface area contributed by atoms with Crippen molar-refractivity contribution in [2.75, 3.05) is 5.32 Å². The number of hydrogen-bond donors (Lipinski definition) is 2. The molecule has 4 aromatic rings. The molecular weight excluding hydrogens is 460 g/mol. The molecule has 0 saturated heterocycles. The van der Waals surface area contributed by atoms with Crippen LogP contribution in [0.4, 0.5) is 5.69 Å². The zero-order valence-electron chi connectivity index (χ0n) is 19.2. The van der Waals surface area contributed by atoms with E-state index in [4.69, 9.17) is 16.3 Å². The molecule has 35 heavy (non-hydrogen) atoms. The molecule has 0 bridgehead atoms. The van der Waals surface area contributed by atoms with Crippen LogP contribution in [0.3, 0.4) is 0 Å². The summed E-state index contributed by atoms with van der Waals surface area (Å²) >= 11 is 6.19. The molecule has 2 N–H and O–H groups in total. The highest BCUT2D eigenvalue weighted by molar-refractivity contribution is 6.31. The van der Waals surface area contributed by atoms with Crippen molar-refractivity contribution in [3.63, 3.8) is 0 Å². The Morgan fingerprint density at radius 1 is 0.829 bits per heavy atom. The molecule has 0 aliphatic heterocycles. The average Bonchev–Trinajstić information content (AvgIpc) is 2.89. The Kier molecular flexibility index (Phi) is 7.81. The fourth-order valence-corrected chi connectivity index (χ4v) is 3.78. The van der Waals surface area contributed by atoms with Crippen molar-refractivity contribution in [3.8, 4) is 5.75 Å². The van der Waals surface area contributed by atoms with Gasteiger partial charge in [0.15, 0.2) is 0 Å². The molecule has 4 aromatic carbocycles. The first-order chi connectivity index (χ1) is 17.0. The zero-order chi connectivity index (χ0) is 24.6.